The summed E-state index contributed by atoms with van der Waals surface area (Å²) in [7, 11) is 1.81. The van der Waals surface area contributed by atoms with Gasteiger partial charge in [-0.1, -0.05) is 32.1 Å². The molecule has 3 aliphatic rings. The molecule has 20 heavy (non-hydrogen) atoms. The Morgan fingerprint density at radius 1 is 1.35 bits per heavy atom. The molecule has 1 saturated heterocycles. The van der Waals surface area contributed by atoms with E-state index in [0.29, 0.717) is 11.8 Å². The van der Waals surface area contributed by atoms with E-state index >= 15 is 0 Å². The van der Waals surface area contributed by atoms with Gasteiger partial charge >= 0.3 is 0 Å². The van der Waals surface area contributed by atoms with E-state index in [0.717, 1.165) is 18.6 Å². The van der Waals surface area contributed by atoms with Crippen molar-refractivity contribution in [2.24, 2.45) is 11.8 Å². The highest BCUT2D eigenvalue weighted by molar-refractivity contribution is 5.54. The van der Waals surface area contributed by atoms with Crippen molar-refractivity contribution in [3.05, 3.63) is 46.8 Å². The van der Waals surface area contributed by atoms with E-state index in [-0.39, 0.29) is 0 Å². The molecule has 3 rings (SSSR count). The van der Waals surface area contributed by atoms with Gasteiger partial charge < -0.3 is 9.64 Å². The first-order valence-corrected chi connectivity index (χ1v) is 7.81. The summed E-state index contributed by atoms with van der Waals surface area (Å²) in [6, 6.07) is 0. The van der Waals surface area contributed by atoms with Crippen LogP contribution in [0, 0.1) is 11.8 Å². The quantitative estimate of drug-likeness (QED) is 0.776. The number of fused-ring (bicyclic) bond motifs is 1. The second-order valence-electron chi connectivity index (χ2n) is 6.11. The fourth-order valence-electron chi connectivity index (χ4n) is 3.57. The lowest BCUT2D eigenvalue weighted by Crippen LogP contribution is -2.47. The third kappa shape index (κ3) is 2.26. The average Bonchev–Trinajstić information content (AvgIpc) is 2.62. The lowest BCUT2D eigenvalue weighted by Gasteiger charge is -2.41. The van der Waals surface area contributed by atoms with Crippen LogP contribution in [-0.4, -0.2) is 31.6 Å². The van der Waals surface area contributed by atoms with Gasteiger partial charge in [0.15, 0.2) is 0 Å². The van der Waals surface area contributed by atoms with E-state index in [4.69, 9.17) is 4.74 Å². The minimum absolute atomic E-state index is 0.601. The molecular formula is C18H25NO. The van der Waals surface area contributed by atoms with Gasteiger partial charge in [-0.25, -0.2) is 0 Å². The van der Waals surface area contributed by atoms with Gasteiger partial charge in [0.1, 0.15) is 5.76 Å². The van der Waals surface area contributed by atoms with Crippen LogP contribution in [0.5, 0.6) is 0 Å². The first-order chi connectivity index (χ1) is 9.74. The molecule has 2 aliphatic carbocycles. The van der Waals surface area contributed by atoms with Gasteiger partial charge in [0.05, 0.1) is 7.11 Å². The molecule has 0 aromatic rings. The van der Waals surface area contributed by atoms with Crippen LogP contribution in [0.15, 0.2) is 46.8 Å². The molecule has 1 fully saturated rings. The van der Waals surface area contributed by atoms with Crippen LogP contribution in [0.3, 0.4) is 0 Å². The first-order valence-electron chi connectivity index (χ1n) is 7.81. The van der Waals surface area contributed by atoms with Crippen molar-refractivity contribution in [3.8, 4) is 0 Å². The van der Waals surface area contributed by atoms with Gasteiger partial charge in [-0.2, -0.15) is 0 Å². The molecule has 0 amide bonds. The number of rotatable bonds is 3. The molecule has 0 radical (unpaired) electrons. The Balaban J connectivity index is 1.99. The predicted octanol–water partition coefficient (Wildman–Crippen LogP) is 3.69. The molecule has 0 saturated carbocycles. The second kappa shape index (κ2) is 5.61. The fourth-order valence-corrected chi connectivity index (χ4v) is 3.57. The average molecular weight is 271 g/mol. The first kappa shape index (κ1) is 13.7. The summed E-state index contributed by atoms with van der Waals surface area (Å²) in [5.41, 5.74) is 4.48. The standard InChI is InChI=1S/C18H25NO/c1-4-19-11-14(12-19)16-8-6-5-7-15-13(2)9-10-17(20-3)18(15)16/h5-7,10,13-14H,4,8-9,11-12H2,1-3H3. The molecule has 0 spiro atoms. The predicted molar refractivity (Wildman–Crippen MR) is 83.3 cm³/mol. The van der Waals surface area contributed by atoms with Crippen molar-refractivity contribution in [2.45, 2.75) is 26.7 Å². The number of hydrogen-bond donors (Lipinski definition) is 0. The maximum atomic E-state index is 5.69. The molecule has 1 unspecified atom stereocenters. The van der Waals surface area contributed by atoms with E-state index in [1.807, 2.05) is 7.11 Å². The van der Waals surface area contributed by atoms with Crippen LogP contribution in [0.1, 0.15) is 26.7 Å². The smallest absolute Gasteiger partial charge is 0.122 e. The second-order valence-corrected chi connectivity index (χ2v) is 6.11. The Morgan fingerprint density at radius 2 is 2.15 bits per heavy atom. The van der Waals surface area contributed by atoms with Gasteiger partial charge in [0.2, 0.25) is 0 Å². The van der Waals surface area contributed by atoms with Crippen LogP contribution in [0.2, 0.25) is 0 Å². The van der Waals surface area contributed by atoms with Gasteiger partial charge in [-0.05, 0) is 42.5 Å². The molecule has 1 heterocycles. The molecule has 0 aromatic carbocycles. The van der Waals surface area contributed by atoms with Crippen molar-refractivity contribution in [3.63, 3.8) is 0 Å². The fraction of sp³-hybridized carbons (Fsp3) is 0.556. The lowest BCUT2D eigenvalue weighted by atomic mass is 9.77. The zero-order chi connectivity index (χ0) is 14.1. The minimum Gasteiger partial charge on any atom is -0.496 e. The monoisotopic (exact) mass is 271 g/mol. The van der Waals surface area contributed by atoms with Crippen molar-refractivity contribution in [1.29, 1.82) is 0 Å². The van der Waals surface area contributed by atoms with Gasteiger partial charge in [0, 0.05) is 24.6 Å². The van der Waals surface area contributed by atoms with E-state index < -0.39 is 0 Å². The Kier molecular flexibility index (Phi) is 3.84. The summed E-state index contributed by atoms with van der Waals surface area (Å²) in [5, 5.41) is 0. The number of allylic oxidation sites excluding steroid dienone is 5. The third-order valence-electron chi connectivity index (χ3n) is 4.91. The lowest BCUT2D eigenvalue weighted by molar-refractivity contribution is 0.129. The molecule has 1 atom stereocenters. The van der Waals surface area contributed by atoms with E-state index in [9.17, 15) is 0 Å². The maximum absolute atomic E-state index is 5.69. The van der Waals surface area contributed by atoms with Crippen LogP contribution in [0.4, 0.5) is 0 Å². The molecule has 2 nitrogen and oxygen atoms in total. The van der Waals surface area contributed by atoms with E-state index in [1.54, 1.807) is 5.57 Å². The summed E-state index contributed by atoms with van der Waals surface area (Å²) in [6.07, 6.45) is 11.3. The number of nitrogens with zero attached hydrogens (tertiary/aromatic N) is 1. The maximum Gasteiger partial charge on any atom is 0.122 e. The largest absolute Gasteiger partial charge is 0.496 e. The molecule has 0 N–H and O–H groups in total. The summed E-state index contributed by atoms with van der Waals surface area (Å²) >= 11 is 0. The summed E-state index contributed by atoms with van der Waals surface area (Å²) < 4.78 is 5.69. The Bertz CT molecular complexity index is 504. The van der Waals surface area contributed by atoms with Crippen LogP contribution in [0.25, 0.3) is 0 Å². The molecule has 108 valence electrons. The Labute approximate surface area is 122 Å². The van der Waals surface area contributed by atoms with Gasteiger partial charge in [-0.15, -0.1) is 0 Å². The van der Waals surface area contributed by atoms with Crippen LogP contribution >= 0.6 is 0 Å². The molecular weight excluding hydrogens is 246 g/mol. The highest BCUT2D eigenvalue weighted by Crippen LogP contribution is 2.42. The van der Waals surface area contributed by atoms with Crippen molar-refractivity contribution in [2.75, 3.05) is 26.7 Å². The third-order valence-corrected chi connectivity index (χ3v) is 4.91. The normalized spacial score (nSPS) is 27.4. The van der Waals surface area contributed by atoms with Gasteiger partial charge in [-0.3, -0.25) is 0 Å². The summed E-state index contributed by atoms with van der Waals surface area (Å²) in [6.45, 7) is 8.16. The van der Waals surface area contributed by atoms with Crippen molar-refractivity contribution < 1.29 is 4.74 Å². The van der Waals surface area contributed by atoms with Crippen LogP contribution < -0.4 is 0 Å². The topological polar surface area (TPSA) is 12.5 Å². The summed E-state index contributed by atoms with van der Waals surface area (Å²) in [5.74, 6) is 2.41. The van der Waals surface area contributed by atoms with E-state index in [1.165, 1.54) is 30.8 Å². The zero-order valence-electron chi connectivity index (χ0n) is 12.9. The number of ether oxygens (including phenoxy) is 1. The van der Waals surface area contributed by atoms with Crippen molar-refractivity contribution in [1.82, 2.24) is 4.90 Å². The van der Waals surface area contributed by atoms with Gasteiger partial charge in [0.25, 0.3) is 0 Å². The Hall–Kier alpha value is -1.28. The molecule has 1 aliphatic heterocycles. The minimum atomic E-state index is 0.601. The van der Waals surface area contributed by atoms with Crippen molar-refractivity contribution >= 4 is 0 Å². The highest BCUT2D eigenvalue weighted by atomic mass is 16.5. The SMILES string of the molecule is CCN1CC(C2=C3C(OC)=CCC(C)C3=CC=CC2)C1. The van der Waals surface area contributed by atoms with Crippen LogP contribution in [-0.2, 0) is 4.74 Å². The molecule has 0 aromatic heterocycles. The highest BCUT2D eigenvalue weighted by Gasteiger charge is 2.34. The number of methoxy groups -OCH3 is 1. The van der Waals surface area contributed by atoms with E-state index in [2.05, 4.69) is 43.1 Å². The zero-order valence-corrected chi connectivity index (χ0v) is 12.9. The number of hydrogen-bond acceptors (Lipinski definition) is 2. The number of likely N-dealkylation sites (tertiary alicyclic amines) is 1. The summed E-state index contributed by atoms with van der Waals surface area (Å²) in [4.78, 5) is 2.51. The molecule has 0 bridgehead atoms. The molecule has 2 heteroatoms. The Morgan fingerprint density at radius 3 is 2.85 bits per heavy atom.